The van der Waals surface area contributed by atoms with Crippen LogP contribution in [0.1, 0.15) is 28.6 Å². The lowest BCUT2D eigenvalue weighted by Gasteiger charge is -2.16. The molecule has 0 bridgehead atoms. The van der Waals surface area contributed by atoms with Gasteiger partial charge in [0.15, 0.2) is 5.56 Å². The average molecular weight is 638 g/mol. The number of nitriles is 1. The summed E-state index contributed by atoms with van der Waals surface area (Å²) in [5, 5.41) is 35.0. The summed E-state index contributed by atoms with van der Waals surface area (Å²) in [5.41, 5.74) is 2.32. The largest absolute Gasteiger partial charge is 0.506 e. The van der Waals surface area contributed by atoms with Gasteiger partial charge in [0.2, 0.25) is 5.91 Å². The Kier molecular flexibility index (Phi) is 8.11. The summed E-state index contributed by atoms with van der Waals surface area (Å²) >= 11 is 12.8. The van der Waals surface area contributed by atoms with E-state index in [1.165, 1.54) is 17.1 Å². The monoisotopic (exact) mass is 637 g/mol. The molecular formula is C31H21Cl2N9O3. The van der Waals surface area contributed by atoms with Crippen LogP contribution in [0.3, 0.4) is 0 Å². The topological polar surface area (TPSA) is 178 Å². The molecule has 3 heterocycles. The van der Waals surface area contributed by atoms with Crippen LogP contribution in [0.5, 0.6) is 5.75 Å². The van der Waals surface area contributed by atoms with E-state index in [9.17, 15) is 20.0 Å². The summed E-state index contributed by atoms with van der Waals surface area (Å²) in [6.45, 7) is 0. The van der Waals surface area contributed by atoms with Crippen molar-refractivity contribution in [2.45, 2.75) is 12.5 Å². The first-order valence-corrected chi connectivity index (χ1v) is 14.2. The number of benzene rings is 3. The van der Waals surface area contributed by atoms with E-state index >= 15 is 0 Å². The second kappa shape index (κ2) is 12.5. The molecule has 12 nitrogen and oxygen atoms in total. The van der Waals surface area contributed by atoms with Crippen molar-refractivity contribution in [3.63, 3.8) is 0 Å². The molecule has 0 saturated heterocycles. The van der Waals surface area contributed by atoms with Crippen LogP contribution in [0.15, 0.2) is 83.9 Å². The van der Waals surface area contributed by atoms with Crippen LogP contribution in [-0.2, 0) is 11.2 Å². The van der Waals surface area contributed by atoms with Crippen LogP contribution < -0.4 is 10.9 Å². The van der Waals surface area contributed by atoms with E-state index in [1.54, 1.807) is 48.5 Å². The Hall–Kier alpha value is -5.77. The second-order valence-corrected chi connectivity index (χ2v) is 10.7. The molecule has 0 aliphatic carbocycles. The van der Waals surface area contributed by atoms with Crippen molar-refractivity contribution in [2.24, 2.45) is 0 Å². The molecule has 0 spiro atoms. The maximum atomic E-state index is 13.3. The molecule has 3 aromatic carbocycles. The minimum atomic E-state index is -0.689. The first-order valence-electron chi connectivity index (χ1n) is 13.4. The maximum Gasteiger partial charge on any atom is 0.270 e. The predicted molar refractivity (Wildman–Crippen MR) is 168 cm³/mol. The zero-order chi connectivity index (χ0) is 31.5. The van der Waals surface area contributed by atoms with Gasteiger partial charge >= 0.3 is 0 Å². The summed E-state index contributed by atoms with van der Waals surface area (Å²) in [5.74, 6) is -0.452. The fraction of sp³-hybridized carbons (Fsp3) is 0.0645. The highest BCUT2D eigenvalue weighted by molar-refractivity contribution is 6.32. The van der Waals surface area contributed by atoms with Crippen molar-refractivity contribution in [2.75, 3.05) is 0 Å². The Morgan fingerprint density at radius 3 is 2.69 bits per heavy atom. The number of imidazole rings is 1. The van der Waals surface area contributed by atoms with Gasteiger partial charge in [-0.3, -0.25) is 9.59 Å². The van der Waals surface area contributed by atoms with Crippen molar-refractivity contribution >= 4 is 46.1 Å². The van der Waals surface area contributed by atoms with Gasteiger partial charge in [-0.25, -0.2) is 4.98 Å². The van der Waals surface area contributed by atoms with Gasteiger partial charge in [-0.2, -0.15) is 9.94 Å². The standard InChI is InChI=1S/C31H21Cl2N9O3/c32-20-8-10-25(42-16-35-40-41-42)18(13-20)7-11-26(43)36-24(12-17-4-2-1-3-5-17)30-38-27(29(33)39-30)19-6-9-23-21(14-19)28(44)22(15-34)31(45)37-23/h1-11,13-14,16,24H,12H2,(H,36,43)(H,38,39)(H2,37,44,45)/b11-7+/t24-/m0/s1. The number of carbonyl (C=O) groups excluding carboxylic acids is 1. The summed E-state index contributed by atoms with van der Waals surface area (Å²) < 4.78 is 1.46. The molecule has 222 valence electrons. The minimum absolute atomic E-state index is 0.196. The molecule has 0 aliphatic rings. The smallest absolute Gasteiger partial charge is 0.270 e. The first-order chi connectivity index (χ1) is 21.8. The fourth-order valence-electron chi connectivity index (χ4n) is 4.84. The number of amides is 1. The third kappa shape index (κ3) is 6.16. The van der Waals surface area contributed by atoms with E-state index in [4.69, 9.17) is 28.2 Å². The Balaban J connectivity index is 1.32. The van der Waals surface area contributed by atoms with Crippen LogP contribution in [0.25, 0.3) is 33.9 Å². The van der Waals surface area contributed by atoms with Crippen molar-refractivity contribution in [1.82, 2.24) is 40.5 Å². The number of H-pyrrole nitrogens is 2. The number of halogens is 2. The molecule has 0 radical (unpaired) electrons. The number of hydrogen-bond donors (Lipinski definition) is 4. The van der Waals surface area contributed by atoms with Gasteiger partial charge in [-0.05, 0) is 58.8 Å². The third-order valence-corrected chi connectivity index (χ3v) is 7.49. The van der Waals surface area contributed by atoms with Gasteiger partial charge in [-0.15, -0.1) is 5.10 Å². The zero-order valence-corrected chi connectivity index (χ0v) is 24.6. The zero-order valence-electron chi connectivity index (χ0n) is 23.1. The number of pyridine rings is 1. The number of fused-ring (bicyclic) bond motifs is 1. The quantitative estimate of drug-likeness (QED) is 0.170. The molecule has 0 saturated carbocycles. The van der Waals surface area contributed by atoms with E-state index in [1.807, 2.05) is 30.3 Å². The summed E-state index contributed by atoms with van der Waals surface area (Å²) in [6.07, 6.45) is 4.82. The van der Waals surface area contributed by atoms with Crippen LogP contribution in [0, 0.1) is 11.3 Å². The van der Waals surface area contributed by atoms with Gasteiger partial charge in [0.05, 0.1) is 17.2 Å². The SMILES string of the molecule is N#Cc1c(O)c2cc(-c3nc([C@H](Cc4ccccc4)NC(=O)/C=C/c4cc(Cl)ccc4-n4cnnn4)[nH]c3Cl)ccc2[nH]c1=O. The molecule has 3 aromatic heterocycles. The number of tetrazole rings is 1. The highest BCUT2D eigenvalue weighted by Gasteiger charge is 2.22. The molecule has 1 amide bonds. The number of carbonyl (C=O) groups is 1. The number of hydrogen-bond acceptors (Lipinski definition) is 8. The number of aromatic nitrogens is 7. The van der Waals surface area contributed by atoms with Crippen LogP contribution in [0.4, 0.5) is 0 Å². The molecule has 0 unspecified atom stereocenters. The van der Waals surface area contributed by atoms with Crippen LogP contribution in [-0.4, -0.2) is 46.2 Å². The van der Waals surface area contributed by atoms with Crippen molar-refractivity contribution < 1.29 is 9.90 Å². The highest BCUT2D eigenvalue weighted by Crippen LogP contribution is 2.33. The molecule has 0 fully saturated rings. The van der Waals surface area contributed by atoms with E-state index in [2.05, 4.69) is 30.8 Å². The Labute approximate surface area is 264 Å². The van der Waals surface area contributed by atoms with Crippen molar-refractivity contribution in [3.8, 4) is 28.8 Å². The lowest BCUT2D eigenvalue weighted by molar-refractivity contribution is -0.117. The molecule has 45 heavy (non-hydrogen) atoms. The number of aromatic hydroxyl groups is 1. The predicted octanol–water partition coefficient (Wildman–Crippen LogP) is 4.89. The fourth-order valence-corrected chi connectivity index (χ4v) is 5.27. The summed E-state index contributed by atoms with van der Waals surface area (Å²) in [6, 6.07) is 20.6. The van der Waals surface area contributed by atoms with Crippen LogP contribution in [0.2, 0.25) is 10.2 Å². The third-order valence-electron chi connectivity index (χ3n) is 6.98. The molecule has 6 rings (SSSR count). The Bertz CT molecular complexity index is 2170. The van der Waals surface area contributed by atoms with E-state index in [0.717, 1.165) is 5.56 Å². The van der Waals surface area contributed by atoms with Crippen molar-refractivity contribution in [3.05, 3.63) is 122 Å². The van der Waals surface area contributed by atoms with E-state index in [0.29, 0.717) is 45.3 Å². The minimum Gasteiger partial charge on any atom is -0.506 e. The molecule has 14 heteroatoms. The number of rotatable bonds is 8. The lowest BCUT2D eigenvalue weighted by Crippen LogP contribution is -2.29. The molecule has 0 aliphatic heterocycles. The summed E-state index contributed by atoms with van der Waals surface area (Å²) in [7, 11) is 0. The normalized spacial score (nSPS) is 11.9. The van der Waals surface area contributed by atoms with Gasteiger partial charge in [-0.1, -0.05) is 59.6 Å². The molecule has 1 atom stereocenters. The van der Waals surface area contributed by atoms with Gasteiger partial charge in [0, 0.05) is 27.6 Å². The van der Waals surface area contributed by atoms with Gasteiger partial charge in [0.25, 0.3) is 5.56 Å². The first kappa shape index (κ1) is 29.3. The van der Waals surface area contributed by atoms with Gasteiger partial charge < -0.3 is 20.4 Å². The Morgan fingerprint density at radius 1 is 1.11 bits per heavy atom. The highest BCUT2D eigenvalue weighted by atomic mass is 35.5. The molecular weight excluding hydrogens is 617 g/mol. The van der Waals surface area contributed by atoms with Crippen molar-refractivity contribution in [1.29, 1.82) is 5.26 Å². The summed E-state index contributed by atoms with van der Waals surface area (Å²) in [4.78, 5) is 35.7. The molecule has 4 N–H and O–H groups in total. The van der Waals surface area contributed by atoms with Gasteiger partial charge in [0.1, 0.15) is 34.8 Å². The number of nitrogens with zero attached hydrogens (tertiary/aromatic N) is 6. The van der Waals surface area contributed by atoms with Crippen LogP contribution >= 0.6 is 23.2 Å². The number of aromatic amines is 2. The van der Waals surface area contributed by atoms with E-state index < -0.39 is 28.8 Å². The lowest BCUT2D eigenvalue weighted by atomic mass is 10.0. The second-order valence-electron chi connectivity index (χ2n) is 9.88. The number of nitrogens with one attached hydrogen (secondary N) is 3. The van der Waals surface area contributed by atoms with E-state index in [-0.39, 0.29) is 10.5 Å². The maximum absolute atomic E-state index is 13.3. The molecule has 6 aromatic rings. The average Bonchev–Trinajstić information content (AvgIpc) is 3.71. The Morgan fingerprint density at radius 2 is 1.93 bits per heavy atom.